The van der Waals surface area contributed by atoms with Gasteiger partial charge in [0.15, 0.2) is 5.82 Å². The van der Waals surface area contributed by atoms with E-state index < -0.39 is 0 Å². The van der Waals surface area contributed by atoms with Gasteiger partial charge in [0.1, 0.15) is 5.15 Å². The van der Waals surface area contributed by atoms with Gasteiger partial charge in [-0.05, 0) is 31.5 Å². The van der Waals surface area contributed by atoms with E-state index in [2.05, 4.69) is 29.9 Å². The van der Waals surface area contributed by atoms with Crippen molar-refractivity contribution in [3.05, 3.63) is 33.9 Å². The number of hydrogen-bond acceptors (Lipinski definition) is 3. The monoisotopic (exact) mass is 252 g/mol. The van der Waals surface area contributed by atoms with Gasteiger partial charge in [0.25, 0.3) is 0 Å². The van der Waals surface area contributed by atoms with Gasteiger partial charge in [0.05, 0.1) is 4.88 Å². The minimum Gasteiger partial charge on any atom is -0.232 e. The molecular weight excluding hydrogens is 240 g/mol. The van der Waals surface area contributed by atoms with Crippen molar-refractivity contribution in [2.45, 2.75) is 26.7 Å². The molecule has 0 saturated carbocycles. The Morgan fingerprint density at radius 1 is 1.31 bits per heavy atom. The van der Waals surface area contributed by atoms with Crippen LogP contribution in [-0.2, 0) is 6.42 Å². The summed E-state index contributed by atoms with van der Waals surface area (Å²) in [5.74, 6) is 0.744. The maximum Gasteiger partial charge on any atom is 0.171 e. The number of rotatable bonds is 3. The number of thiophene rings is 1. The molecule has 2 rings (SSSR count). The molecule has 2 heterocycles. The Hall–Kier alpha value is -0.930. The molecule has 0 amide bonds. The molecule has 0 N–H and O–H groups in total. The van der Waals surface area contributed by atoms with Crippen LogP contribution in [0.2, 0.25) is 5.15 Å². The molecule has 2 nitrogen and oxygen atoms in total. The average Bonchev–Trinajstić information content (AvgIpc) is 2.64. The Morgan fingerprint density at radius 3 is 2.75 bits per heavy atom. The Bertz CT molecular complexity index is 494. The van der Waals surface area contributed by atoms with Crippen LogP contribution in [0.4, 0.5) is 0 Å². The van der Waals surface area contributed by atoms with Crippen LogP contribution in [-0.4, -0.2) is 9.97 Å². The lowest BCUT2D eigenvalue weighted by Crippen LogP contribution is -1.94. The van der Waals surface area contributed by atoms with Crippen molar-refractivity contribution in [2.75, 3.05) is 0 Å². The second-order valence-corrected chi connectivity index (χ2v) is 5.34. The molecule has 0 aliphatic rings. The van der Waals surface area contributed by atoms with Gasteiger partial charge in [0, 0.05) is 10.6 Å². The highest BCUT2D eigenvalue weighted by molar-refractivity contribution is 7.15. The Labute approximate surface area is 104 Å². The zero-order chi connectivity index (χ0) is 11.5. The molecule has 0 aromatic carbocycles. The van der Waals surface area contributed by atoms with Crippen molar-refractivity contribution < 1.29 is 0 Å². The van der Waals surface area contributed by atoms with Gasteiger partial charge in [-0.3, -0.25) is 0 Å². The number of hydrogen-bond donors (Lipinski definition) is 0. The molecule has 84 valence electrons. The summed E-state index contributed by atoms with van der Waals surface area (Å²) in [7, 11) is 0. The Morgan fingerprint density at radius 2 is 2.12 bits per heavy atom. The van der Waals surface area contributed by atoms with E-state index in [1.54, 1.807) is 11.3 Å². The third kappa shape index (κ3) is 2.60. The zero-order valence-electron chi connectivity index (χ0n) is 9.33. The normalized spacial score (nSPS) is 10.7. The van der Waals surface area contributed by atoms with E-state index in [1.165, 1.54) is 4.88 Å². The van der Waals surface area contributed by atoms with E-state index >= 15 is 0 Å². The highest BCUT2D eigenvalue weighted by Crippen LogP contribution is 2.26. The molecule has 0 atom stereocenters. The van der Waals surface area contributed by atoms with Crippen molar-refractivity contribution in [1.82, 2.24) is 9.97 Å². The summed E-state index contributed by atoms with van der Waals surface area (Å²) < 4.78 is 0. The fourth-order valence-electron chi connectivity index (χ4n) is 1.51. The van der Waals surface area contributed by atoms with Crippen LogP contribution < -0.4 is 0 Å². The summed E-state index contributed by atoms with van der Waals surface area (Å²) in [6, 6.07) is 5.96. The van der Waals surface area contributed by atoms with E-state index in [9.17, 15) is 0 Å². The second-order valence-electron chi connectivity index (χ2n) is 3.67. The zero-order valence-corrected chi connectivity index (χ0v) is 10.9. The molecule has 0 saturated heterocycles. The summed E-state index contributed by atoms with van der Waals surface area (Å²) >= 11 is 7.69. The SMILES string of the molecule is CCCc1cc(Cl)nc(-c2ccc(C)s2)n1. The van der Waals surface area contributed by atoms with Crippen molar-refractivity contribution in [3.8, 4) is 10.7 Å². The molecule has 0 spiro atoms. The van der Waals surface area contributed by atoms with Crippen molar-refractivity contribution in [3.63, 3.8) is 0 Å². The van der Waals surface area contributed by atoms with Crippen LogP contribution in [0.3, 0.4) is 0 Å². The molecule has 0 bridgehead atoms. The van der Waals surface area contributed by atoms with Crippen LogP contribution in [0.5, 0.6) is 0 Å². The molecule has 0 aliphatic heterocycles. The Kier molecular flexibility index (Phi) is 3.56. The van der Waals surface area contributed by atoms with E-state index in [0.29, 0.717) is 5.15 Å². The lowest BCUT2D eigenvalue weighted by molar-refractivity contribution is 0.876. The standard InChI is InChI=1S/C12H13ClN2S/c1-3-4-9-7-11(13)15-12(14-9)10-6-5-8(2)16-10/h5-7H,3-4H2,1-2H3. The summed E-state index contributed by atoms with van der Waals surface area (Å²) in [6.07, 6.45) is 2.01. The lowest BCUT2D eigenvalue weighted by Gasteiger charge is -2.02. The summed E-state index contributed by atoms with van der Waals surface area (Å²) in [5, 5.41) is 0.527. The average molecular weight is 253 g/mol. The van der Waals surface area contributed by atoms with E-state index in [-0.39, 0.29) is 0 Å². The van der Waals surface area contributed by atoms with Gasteiger partial charge in [-0.2, -0.15) is 0 Å². The molecule has 16 heavy (non-hydrogen) atoms. The topological polar surface area (TPSA) is 25.8 Å². The van der Waals surface area contributed by atoms with Crippen LogP contribution in [0, 0.1) is 6.92 Å². The predicted molar refractivity (Wildman–Crippen MR) is 69.1 cm³/mol. The highest BCUT2D eigenvalue weighted by atomic mass is 35.5. The molecule has 2 aromatic heterocycles. The number of aryl methyl sites for hydroxylation is 2. The van der Waals surface area contributed by atoms with Crippen molar-refractivity contribution >= 4 is 22.9 Å². The van der Waals surface area contributed by atoms with Crippen LogP contribution in [0.1, 0.15) is 23.9 Å². The maximum absolute atomic E-state index is 6.00. The minimum atomic E-state index is 0.527. The summed E-state index contributed by atoms with van der Waals surface area (Å²) in [4.78, 5) is 11.1. The van der Waals surface area contributed by atoms with Crippen molar-refractivity contribution in [1.29, 1.82) is 0 Å². The summed E-state index contributed by atoms with van der Waals surface area (Å²) in [6.45, 7) is 4.21. The molecule has 2 aromatic rings. The smallest absolute Gasteiger partial charge is 0.171 e. The summed E-state index contributed by atoms with van der Waals surface area (Å²) in [5.41, 5.74) is 1.02. The van der Waals surface area contributed by atoms with Crippen LogP contribution in [0.15, 0.2) is 18.2 Å². The van der Waals surface area contributed by atoms with Gasteiger partial charge in [-0.25, -0.2) is 9.97 Å². The van der Waals surface area contributed by atoms with Crippen LogP contribution >= 0.6 is 22.9 Å². The van der Waals surface area contributed by atoms with Crippen LogP contribution in [0.25, 0.3) is 10.7 Å². The first-order valence-electron chi connectivity index (χ1n) is 5.29. The van der Waals surface area contributed by atoms with Gasteiger partial charge in [-0.1, -0.05) is 24.9 Å². The highest BCUT2D eigenvalue weighted by Gasteiger charge is 2.07. The molecule has 0 radical (unpaired) electrons. The lowest BCUT2D eigenvalue weighted by atomic mass is 10.2. The third-order valence-corrected chi connectivity index (χ3v) is 3.41. The molecular formula is C12H13ClN2S. The molecule has 0 unspecified atom stereocenters. The van der Waals surface area contributed by atoms with Crippen molar-refractivity contribution in [2.24, 2.45) is 0 Å². The minimum absolute atomic E-state index is 0.527. The van der Waals surface area contributed by atoms with E-state index in [1.807, 2.05) is 12.1 Å². The Balaban J connectivity index is 2.40. The molecule has 4 heteroatoms. The fourth-order valence-corrected chi connectivity index (χ4v) is 2.52. The number of halogens is 1. The molecule has 0 fully saturated rings. The van der Waals surface area contributed by atoms with E-state index in [0.717, 1.165) is 29.2 Å². The van der Waals surface area contributed by atoms with Gasteiger partial charge >= 0.3 is 0 Å². The molecule has 0 aliphatic carbocycles. The van der Waals surface area contributed by atoms with Gasteiger partial charge in [-0.15, -0.1) is 11.3 Å². The maximum atomic E-state index is 6.00. The number of nitrogens with zero attached hydrogens (tertiary/aromatic N) is 2. The first-order valence-corrected chi connectivity index (χ1v) is 6.48. The quantitative estimate of drug-likeness (QED) is 0.768. The first-order chi connectivity index (χ1) is 7.69. The third-order valence-electron chi connectivity index (χ3n) is 2.21. The predicted octanol–water partition coefficient (Wildman–Crippen LogP) is 4.12. The first kappa shape index (κ1) is 11.6. The van der Waals surface area contributed by atoms with Gasteiger partial charge < -0.3 is 0 Å². The van der Waals surface area contributed by atoms with Gasteiger partial charge in [0.2, 0.25) is 0 Å². The largest absolute Gasteiger partial charge is 0.232 e. The number of aromatic nitrogens is 2. The second kappa shape index (κ2) is 4.93. The fraction of sp³-hybridized carbons (Fsp3) is 0.333. The van der Waals surface area contributed by atoms with E-state index in [4.69, 9.17) is 11.6 Å².